The van der Waals surface area contributed by atoms with Crippen molar-refractivity contribution < 1.29 is 14.3 Å². The minimum Gasteiger partial charge on any atom is -0.478 e. The molecule has 4 heteroatoms. The van der Waals surface area contributed by atoms with Gasteiger partial charge in [-0.25, -0.2) is 4.79 Å². The maximum Gasteiger partial charge on any atom is 0.330 e. The van der Waals surface area contributed by atoms with Gasteiger partial charge in [-0.2, -0.15) is 0 Å². The lowest BCUT2D eigenvalue weighted by molar-refractivity contribution is -0.132. The second-order valence-electron chi connectivity index (χ2n) is 4.05. The lowest BCUT2D eigenvalue weighted by Crippen LogP contribution is -2.27. The number of hydrogen-bond acceptors (Lipinski definition) is 2. The molecule has 0 rings (SSSR count). The number of carboxylic acid groups (broad SMARTS) is 1. The van der Waals surface area contributed by atoms with Crippen LogP contribution in [0.1, 0.15) is 19.8 Å². The van der Waals surface area contributed by atoms with E-state index in [9.17, 15) is 4.79 Å². The van der Waals surface area contributed by atoms with Gasteiger partial charge in [0.25, 0.3) is 0 Å². The Hall–Kier alpha value is -0.613. The molecule has 0 fully saturated rings. The van der Waals surface area contributed by atoms with Gasteiger partial charge >= 0.3 is 5.97 Å². The highest BCUT2D eigenvalue weighted by atomic mass is 28.4. The summed E-state index contributed by atoms with van der Waals surface area (Å²) in [7, 11) is 0.301. The maximum absolute atomic E-state index is 10.5. The summed E-state index contributed by atoms with van der Waals surface area (Å²) >= 11 is 0. The van der Waals surface area contributed by atoms with Crippen molar-refractivity contribution in [3.8, 4) is 0 Å². The molecular formula is C10H20O3Si. The number of aliphatic carboxylic acids is 1. The van der Waals surface area contributed by atoms with Gasteiger partial charge in [-0.3, -0.25) is 0 Å². The van der Waals surface area contributed by atoms with Crippen molar-refractivity contribution in [1.82, 2.24) is 0 Å². The highest BCUT2D eigenvalue weighted by molar-refractivity contribution is 6.71. The predicted octanol–water partition coefficient (Wildman–Crippen LogP) is 2.65. The summed E-state index contributed by atoms with van der Waals surface area (Å²) in [5, 5.41) is 8.60. The fourth-order valence-corrected chi connectivity index (χ4v) is 2.30. The first kappa shape index (κ1) is 13.4. The van der Waals surface area contributed by atoms with Crippen molar-refractivity contribution in [3.63, 3.8) is 0 Å². The van der Waals surface area contributed by atoms with E-state index < -0.39 is 14.3 Å². The van der Waals surface area contributed by atoms with Crippen LogP contribution < -0.4 is 0 Å². The molecule has 0 atom stereocenters. The second kappa shape index (κ2) is 5.98. The van der Waals surface area contributed by atoms with Crippen LogP contribution in [0.2, 0.25) is 19.1 Å². The van der Waals surface area contributed by atoms with Gasteiger partial charge in [0.15, 0.2) is 8.32 Å². The smallest absolute Gasteiger partial charge is 0.330 e. The second-order valence-corrected chi connectivity index (χ2v) is 8.48. The van der Waals surface area contributed by atoms with Gasteiger partial charge in [0.1, 0.15) is 0 Å². The zero-order valence-electron chi connectivity index (χ0n) is 9.46. The van der Waals surface area contributed by atoms with E-state index in [-0.39, 0.29) is 0 Å². The zero-order chi connectivity index (χ0) is 11.2. The molecule has 0 bridgehead atoms. The Morgan fingerprint density at radius 2 is 2.07 bits per heavy atom. The molecule has 1 N–H and O–H groups in total. The minimum atomic E-state index is -1.45. The SMILES string of the molecule is CO[Si](C)(C)CCCC=C(C)C(=O)O. The first-order valence-corrected chi connectivity index (χ1v) is 7.96. The van der Waals surface area contributed by atoms with Crippen LogP contribution in [0.4, 0.5) is 0 Å². The molecule has 14 heavy (non-hydrogen) atoms. The van der Waals surface area contributed by atoms with E-state index in [0.717, 1.165) is 18.9 Å². The van der Waals surface area contributed by atoms with Crippen molar-refractivity contribution in [2.24, 2.45) is 0 Å². The average Bonchev–Trinajstić information content (AvgIpc) is 2.12. The van der Waals surface area contributed by atoms with Crippen molar-refractivity contribution >= 4 is 14.3 Å². The van der Waals surface area contributed by atoms with Crippen LogP contribution in [0.15, 0.2) is 11.6 Å². The number of allylic oxidation sites excluding steroid dienone is 1. The van der Waals surface area contributed by atoms with Gasteiger partial charge in [-0.15, -0.1) is 0 Å². The third-order valence-electron chi connectivity index (χ3n) is 2.32. The Kier molecular flexibility index (Phi) is 5.72. The lowest BCUT2D eigenvalue weighted by atomic mass is 10.2. The Morgan fingerprint density at radius 3 is 2.50 bits per heavy atom. The molecule has 0 aliphatic rings. The van der Waals surface area contributed by atoms with Crippen LogP contribution in [0, 0.1) is 0 Å². The molecular weight excluding hydrogens is 196 g/mol. The normalized spacial score (nSPS) is 13.0. The van der Waals surface area contributed by atoms with Crippen LogP contribution in [0.3, 0.4) is 0 Å². The standard InChI is InChI=1S/C10H20O3Si/c1-9(10(11)12)7-5-6-8-14(3,4)13-2/h7H,5-6,8H2,1-4H3,(H,11,12). The summed E-state index contributed by atoms with van der Waals surface area (Å²) in [5.74, 6) is -0.826. The lowest BCUT2D eigenvalue weighted by Gasteiger charge is -2.18. The molecule has 0 aromatic rings. The molecule has 0 heterocycles. The van der Waals surface area contributed by atoms with E-state index in [1.807, 2.05) is 0 Å². The molecule has 0 spiro atoms. The molecule has 0 aromatic heterocycles. The van der Waals surface area contributed by atoms with Crippen molar-refractivity contribution in [2.75, 3.05) is 7.11 Å². The van der Waals surface area contributed by atoms with Crippen LogP contribution in [0.5, 0.6) is 0 Å². The molecule has 0 aliphatic carbocycles. The number of carboxylic acids is 1. The van der Waals surface area contributed by atoms with E-state index in [0.29, 0.717) is 5.57 Å². The largest absolute Gasteiger partial charge is 0.478 e. The number of carbonyl (C=O) groups is 1. The Morgan fingerprint density at radius 1 is 1.50 bits per heavy atom. The number of unbranched alkanes of at least 4 members (excludes halogenated alkanes) is 1. The van der Waals surface area contributed by atoms with Gasteiger partial charge in [0, 0.05) is 12.7 Å². The molecule has 0 saturated carbocycles. The molecule has 0 saturated heterocycles. The van der Waals surface area contributed by atoms with Gasteiger partial charge < -0.3 is 9.53 Å². The summed E-state index contributed by atoms with van der Waals surface area (Å²) in [6.07, 6.45) is 3.62. The molecule has 0 amide bonds. The molecule has 0 aromatic carbocycles. The number of hydrogen-bond donors (Lipinski definition) is 1. The Bertz CT molecular complexity index is 221. The maximum atomic E-state index is 10.5. The third-order valence-corrected chi connectivity index (χ3v) is 4.99. The zero-order valence-corrected chi connectivity index (χ0v) is 10.5. The molecule has 0 radical (unpaired) electrons. The predicted molar refractivity (Wildman–Crippen MR) is 59.9 cm³/mol. The fraction of sp³-hybridized carbons (Fsp3) is 0.700. The first-order valence-electron chi connectivity index (χ1n) is 4.84. The van der Waals surface area contributed by atoms with Crippen molar-refractivity contribution in [3.05, 3.63) is 11.6 Å². The monoisotopic (exact) mass is 216 g/mol. The summed E-state index contributed by atoms with van der Waals surface area (Å²) in [4.78, 5) is 10.5. The highest BCUT2D eigenvalue weighted by Gasteiger charge is 2.18. The summed E-state index contributed by atoms with van der Waals surface area (Å²) in [6.45, 7) is 5.96. The van der Waals surface area contributed by atoms with E-state index in [1.54, 1.807) is 20.1 Å². The van der Waals surface area contributed by atoms with Crippen LogP contribution >= 0.6 is 0 Å². The Labute approximate surface area is 86.9 Å². The van der Waals surface area contributed by atoms with Gasteiger partial charge in [-0.05, 0) is 32.5 Å². The first-order chi connectivity index (χ1) is 6.39. The fourth-order valence-electron chi connectivity index (χ4n) is 1.04. The highest BCUT2D eigenvalue weighted by Crippen LogP contribution is 2.14. The number of rotatable bonds is 6. The Balaban J connectivity index is 3.76. The van der Waals surface area contributed by atoms with Crippen molar-refractivity contribution in [2.45, 2.75) is 38.9 Å². The summed E-state index contributed by atoms with van der Waals surface area (Å²) < 4.78 is 5.39. The summed E-state index contributed by atoms with van der Waals surface area (Å²) in [5.41, 5.74) is 0.432. The van der Waals surface area contributed by atoms with Crippen LogP contribution in [-0.2, 0) is 9.22 Å². The average molecular weight is 216 g/mol. The van der Waals surface area contributed by atoms with Gasteiger partial charge in [-0.1, -0.05) is 12.5 Å². The molecule has 82 valence electrons. The molecule has 0 aliphatic heterocycles. The minimum absolute atomic E-state index is 0.432. The molecule has 3 nitrogen and oxygen atoms in total. The third kappa shape index (κ3) is 5.94. The van der Waals surface area contributed by atoms with Gasteiger partial charge in [0.2, 0.25) is 0 Å². The van der Waals surface area contributed by atoms with Gasteiger partial charge in [0.05, 0.1) is 0 Å². The van der Waals surface area contributed by atoms with Crippen LogP contribution in [0.25, 0.3) is 0 Å². The quantitative estimate of drug-likeness (QED) is 0.422. The van der Waals surface area contributed by atoms with E-state index in [4.69, 9.17) is 9.53 Å². The van der Waals surface area contributed by atoms with E-state index in [1.165, 1.54) is 0 Å². The molecule has 0 unspecified atom stereocenters. The summed E-state index contributed by atoms with van der Waals surface area (Å²) in [6, 6.07) is 1.08. The topological polar surface area (TPSA) is 46.5 Å². The van der Waals surface area contributed by atoms with E-state index in [2.05, 4.69) is 13.1 Å². The van der Waals surface area contributed by atoms with E-state index >= 15 is 0 Å². The van der Waals surface area contributed by atoms with Crippen LogP contribution in [-0.4, -0.2) is 26.5 Å². The van der Waals surface area contributed by atoms with Crippen molar-refractivity contribution in [1.29, 1.82) is 0 Å².